The molecule has 0 radical (unpaired) electrons. The molecule has 0 spiro atoms. The van der Waals surface area contributed by atoms with Gasteiger partial charge >= 0.3 is 12.4 Å². The molecule has 67 heavy (non-hydrogen) atoms. The lowest BCUT2D eigenvalue weighted by Crippen LogP contribution is -2.52. The molecule has 0 saturated carbocycles. The maximum atomic E-state index is 15.0. The molecule has 2 aliphatic rings. The smallest absolute Gasteiger partial charge is 0.368 e. The summed E-state index contributed by atoms with van der Waals surface area (Å²) in [6.07, 6.45) is -2.76. The number of carbonyl (C=O) groups excluding carboxylic acids is 2. The quantitative estimate of drug-likeness (QED) is 0.114. The Morgan fingerprint density at radius 1 is 0.761 bits per heavy atom. The lowest BCUT2D eigenvalue weighted by molar-refractivity contribution is -0.138. The molecule has 6 aromatic rings. The van der Waals surface area contributed by atoms with Gasteiger partial charge in [0.2, 0.25) is 5.95 Å². The summed E-state index contributed by atoms with van der Waals surface area (Å²) in [6, 6.07) is 10.5. The summed E-state index contributed by atoms with van der Waals surface area (Å²) < 4.78 is 108. The van der Waals surface area contributed by atoms with Crippen LogP contribution in [0.5, 0.6) is 0 Å². The second-order valence-corrected chi connectivity index (χ2v) is 17.8. The average molecular weight is 954 g/mol. The van der Waals surface area contributed by atoms with Crippen molar-refractivity contribution in [3.63, 3.8) is 0 Å². The van der Waals surface area contributed by atoms with E-state index in [0.717, 1.165) is 24.8 Å². The summed E-state index contributed by atoms with van der Waals surface area (Å²) >= 11 is 1.28. The van der Waals surface area contributed by atoms with Crippen molar-refractivity contribution < 1.29 is 44.7 Å². The highest BCUT2D eigenvalue weighted by Gasteiger charge is 2.39. The number of halogens is 8. The first-order valence-electron chi connectivity index (χ1n) is 21.4. The van der Waals surface area contributed by atoms with Crippen molar-refractivity contribution in [3.8, 4) is 16.1 Å². The minimum absolute atomic E-state index is 0.0162. The van der Waals surface area contributed by atoms with Gasteiger partial charge in [0.25, 0.3) is 11.8 Å². The maximum absolute atomic E-state index is 15.0. The van der Waals surface area contributed by atoms with E-state index in [1.807, 2.05) is 6.92 Å². The Hall–Kier alpha value is -6.58. The van der Waals surface area contributed by atoms with Crippen LogP contribution in [0.15, 0.2) is 79.4 Å². The number of benzene rings is 2. The Morgan fingerprint density at radius 2 is 1.42 bits per heavy atom. The van der Waals surface area contributed by atoms with Crippen LogP contribution >= 0.6 is 11.3 Å². The van der Waals surface area contributed by atoms with Crippen molar-refractivity contribution in [2.75, 3.05) is 36.8 Å². The summed E-state index contributed by atoms with van der Waals surface area (Å²) in [4.78, 5) is 50.3. The third-order valence-electron chi connectivity index (χ3n) is 12.0. The van der Waals surface area contributed by atoms with Crippen LogP contribution in [-0.4, -0.2) is 94.8 Å². The molecule has 2 aliphatic heterocycles. The van der Waals surface area contributed by atoms with E-state index in [2.05, 4.69) is 35.7 Å². The number of piperidine rings is 2. The van der Waals surface area contributed by atoms with E-state index >= 15 is 4.39 Å². The third kappa shape index (κ3) is 10.7. The van der Waals surface area contributed by atoms with Crippen molar-refractivity contribution in [2.45, 2.75) is 70.4 Å². The highest BCUT2D eigenvalue weighted by Crippen LogP contribution is 2.36. The van der Waals surface area contributed by atoms with Gasteiger partial charge in [-0.15, -0.1) is 11.3 Å². The Kier molecular flexibility index (Phi) is 13.5. The molecule has 6 heterocycles. The van der Waals surface area contributed by atoms with Crippen LogP contribution in [-0.2, 0) is 18.8 Å². The second-order valence-electron chi connectivity index (χ2n) is 16.5. The van der Waals surface area contributed by atoms with Crippen LogP contribution in [0, 0.1) is 30.4 Å². The van der Waals surface area contributed by atoms with Gasteiger partial charge in [0, 0.05) is 44.8 Å². The molecule has 352 valence electrons. The van der Waals surface area contributed by atoms with Crippen molar-refractivity contribution in [3.05, 3.63) is 124 Å². The molecule has 4 atom stereocenters. The number of likely N-dealkylation sites (tertiary alicyclic amines) is 2. The van der Waals surface area contributed by atoms with E-state index in [9.17, 15) is 40.3 Å². The Balaban J connectivity index is 1.04. The minimum atomic E-state index is -4.64. The Bertz CT molecular complexity index is 2690. The molecule has 2 N–H and O–H groups in total. The van der Waals surface area contributed by atoms with Gasteiger partial charge in [-0.05, 0) is 98.9 Å². The molecule has 22 heteroatoms. The Morgan fingerprint density at radius 3 is 2.10 bits per heavy atom. The highest BCUT2D eigenvalue weighted by molar-refractivity contribution is 7.15. The summed E-state index contributed by atoms with van der Waals surface area (Å²) in [5.74, 6) is -2.25. The van der Waals surface area contributed by atoms with Crippen LogP contribution in [0.3, 0.4) is 0 Å². The number of aromatic nitrogens is 7. The summed E-state index contributed by atoms with van der Waals surface area (Å²) in [6.45, 7) is 4.56. The van der Waals surface area contributed by atoms with Gasteiger partial charge in [0.05, 0.1) is 56.2 Å². The van der Waals surface area contributed by atoms with Crippen LogP contribution in [0.25, 0.3) is 16.1 Å². The molecule has 0 aliphatic carbocycles. The fourth-order valence-electron chi connectivity index (χ4n) is 8.64. The molecule has 2 saturated heterocycles. The number of amides is 2. The zero-order chi connectivity index (χ0) is 47.6. The van der Waals surface area contributed by atoms with E-state index in [1.165, 1.54) is 52.7 Å². The average Bonchev–Trinajstić information content (AvgIpc) is 3.93. The lowest BCUT2D eigenvalue weighted by atomic mass is 9.85. The van der Waals surface area contributed by atoms with Gasteiger partial charge in [-0.25, -0.2) is 28.7 Å². The molecule has 8 rings (SSSR count). The number of nitrogens with one attached hydrogen (secondary N) is 2. The number of pyridine rings is 1. The number of nitrogens with zero attached hydrogens (tertiary/aromatic N) is 9. The molecule has 2 amide bonds. The number of hydrogen-bond acceptors (Lipinski definition) is 11. The number of hydrogen-bond donors (Lipinski definition) is 2. The maximum Gasteiger partial charge on any atom is 0.419 e. The predicted octanol–water partition coefficient (Wildman–Crippen LogP) is 9.13. The van der Waals surface area contributed by atoms with Gasteiger partial charge in [0.1, 0.15) is 23.1 Å². The zero-order valence-electron chi connectivity index (χ0n) is 36.0. The van der Waals surface area contributed by atoms with E-state index in [1.54, 1.807) is 28.9 Å². The molecule has 13 nitrogen and oxygen atoms in total. The predicted molar refractivity (Wildman–Crippen MR) is 231 cm³/mol. The van der Waals surface area contributed by atoms with E-state index in [4.69, 9.17) is 5.10 Å². The molecular formula is C45H43F8N11O2S. The topological polar surface area (TPSA) is 147 Å². The SMILES string of the molecule is Cc1nc(C(=O)N2CCCC(Cc3cnn(-c4ccc(F)cc4C(=O)N4CCCC(C)C4CNc4ccc(C(F)(F)F)cn4)n3)C2CNc2ncc(C(F)(F)F)cn2)c(-c2ccc(F)cc2)s1. The number of anilines is 2. The van der Waals surface area contributed by atoms with Gasteiger partial charge in [-0.1, -0.05) is 19.1 Å². The lowest BCUT2D eigenvalue weighted by Gasteiger charge is -2.41. The number of rotatable bonds is 12. The monoisotopic (exact) mass is 953 g/mol. The first-order chi connectivity index (χ1) is 31.9. The third-order valence-corrected chi connectivity index (χ3v) is 13.1. The summed E-state index contributed by atoms with van der Waals surface area (Å²) in [5, 5.41) is 15.9. The van der Waals surface area contributed by atoms with Gasteiger partial charge < -0.3 is 20.4 Å². The molecule has 4 aromatic heterocycles. The first kappa shape index (κ1) is 46.9. The number of aryl methyl sites for hydroxylation is 1. The zero-order valence-corrected chi connectivity index (χ0v) is 36.8. The van der Waals surface area contributed by atoms with Crippen molar-refractivity contribution >= 4 is 34.9 Å². The van der Waals surface area contributed by atoms with Crippen LogP contribution < -0.4 is 10.6 Å². The second kappa shape index (κ2) is 19.3. The van der Waals surface area contributed by atoms with Gasteiger partial charge in [-0.3, -0.25) is 9.59 Å². The van der Waals surface area contributed by atoms with Gasteiger partial charge in [0.15, 0.2) is 0 Å². The number of thiazole rings is 1. The minimum Gasteiger partial charge on any atom is -0.368 e. The summed E-state index contributed by atoms with van der Waals surface area (Å²) in [5.41, 5.74) is -0.508. The van der Waals surface area contributed by atoms with Crippen molar-refractivity contribution in [1.29, 1.82) is 0 Å². The van der Waals surface area contributed by atoms with Crippen LogP contribution in [0.4, 0.5) is 46.9 Å². The Labute approximate surface area is 382 Å². The standard InChI is InChI=1S/C45H43F8N11O2S/c1-25-5-3-15-62(36(25)23-55-38-14-9-29(19-54-38)44(48,49)50)41(65)34-18-32(47)12-13-35(34)64-59-22-33(61-64)17-28-6-4-16-63(37(28)24-58-43-56-20-30(21-57-43)45(51,52)53)42(66)39-40(67-26(2)60-39)27-7-10-31(46)11-8-27/h7-14,18-22,25,28,36-37H,3-6,15-17,23-24H2,1-2H3,(H,54,55)(H,56,57,58). The van der Waals surface area contributed by atoms with E-state index in [-0.39, 0.29) is 60.1 Å². The molecule has 4 unspecified atom stereocenters. The van der Waals surface area contributed by atoms with E-state index < -0.39 is 59.0 Å². The molecule has 0 bridgehead atoms. The molecule has 2 fully saturated rings. The van der Waals surface area contributed by atoms with Crippen LogP contribution in [0.2, 0.25) is 0 Å². The highest BCUT2D eigenvalue weighted by atomic mass is 32.1. The normalized spacial score (nSPS) is 19.1. The van der Waals surface area contributed by atoms with Crippen LogP contribution in [0.1, 0.15) is 75.3 Å². The van der Waals surface area contributed by atoms with Crippen molar-refractivity contribution in [1.82, 2.24) is 44.7 Å². The number of alkyl halides is 6. The fourth-order valence-corrected chi connectivity index (χ4v) is 9.56. The molecule has 2 aromatic carbocycles. The first-order valence-corrected chi connectivity index (χ1v) is 22.2. The fraction of sp³-hybridized carbons (Fsp3) is 0.378. The number of carbonyl (C=O) groups is 2. The summed E-state index contributed by atoms with van der Waals surface area (Å²) in [7, 11) is 0. The van der Waals surface area contributed by atoms with Crippen molar-refractivity contribution in [2.24, 2.45) is 11.8 Å². The largest absolute Gasteiger partial charge is 0.419 e. The van der Waals surface area contributed by atoms with E-state index in [0.29, 0.717) is 65.9 Å². The molecular weight excluding hydrogens is 911 g/mol. The van der Waals surface area contributed by atoms with Gasteiger partial charge in [-0.2, -0.15) is 41.3 Å².